The van der Waals surface area contributed by atoms with E-state index in [1.807, 2.05) is 13.8 Å². The lowest BCUT2D eigenvalue weighted by molar-refractivity contribution is 0.177. The Bertz CT molecular complexity index is 506. The summed E-state index contributed by atoms with van der Waals surface area (Å²) >= 11 is 0. The van der Waals surface area contributed by atoms with Gasteiger partial charge in [-0.1, -0.05) is 32.0 Å². The lowest BCUT2D eigenvalue weighted by Gasteiger charge is -2.13. The van der Waals surface area contributed by atoms with Crippen LogP contribution in [-0.2, 0) is 6.42 Å². The topological polar surface area (TPSA) is 39.3 Å². The molecule has 1 fully saturated rings. The zero-order chi connectivity index (χ0) is 13.7. The molecule has 1 aliphatic heterocycles. The summed E-state index contributed by atoms with van der Waals surface area (Å²) in [5.41, 5.74) is 2.59. The van der Waals surface area contributed by atoms with Crippen molar-refractivity contribution in [2.45, 2.75) is 32.8 Å². The largest absolute Gasteiger partial charge is 0.392 e. The summed E-state index contributed by atoms with van der Waals surface area (Å²) in [5.74, 6) is 0. The Hall–Kier alpha value is -1.32. The van der Waals surface area contributed by atoms with Crippen LogP contribution in [0.25, 0.3) is 10.9 Å². The van der Waals surface area contributed by atoms with Crippen LogP contribution in [0.1, 0.15) is 25.8 Å². The second-order valence-electron chi connectivity index (χ2n) is 4.85. The van der Waals surface area contributed by atoms with E-state index in [1.165, 1.54) is 16.5 Å². The maximum absolute atomic E-state index is 9.48. The van der Waals surface area contributed by atoms with Crippen molar-refractivity contribution in [3.8, 4) is 0 Å². The van der Waals surface area contributed by atoms with Gasteiger partial charge in [0.15, 0.2) is 0 Å². The van der Waals surface area contributed by atoms with Crippen LogP contribution >= 0.6 is 0 Å². The van der Waals surface area contributed by atoms with Crippen molar-refractivity contribution in [3.05, 3.63) is 36.0 Å². The number of rotatable bonds is 3. The van der Waals surface area contributed by atoms with E-state index in [0.29, 0.717) is 0 Å². The number of aliphatic hydroxyl groups excluding tert-OH is 1. The number of hydrogen-bond donors (Lipinski definition) is 2. The smallest absolute Gasteiger partial charge is 0.0679 e. The zero-order valence-electron chi connectivity index (χ0n) is 11.9. The predicted molar refractivity (Wildman–Crippen MR) is 80.4 cm³/mol. The van der Waals surface area contributed by atoms with Gasteiger partial charge in [0.1, 0.15) is 0 Å². The van der Waals surface area contributed by atoms with Crippen molar-refractivity contribution in [2.24, 2.45) is 0 Å². The normalized spacial score (nSPS) is 19.4. The minimum atomic E-state index is -0.113. The van der Waals surface area contributed by atoms with Crippen molar-refractivity contribution in [2.75, 3.05) is 19.6 Å². The van der Waals surface area contributed by atoms with Gasteiger partial charge in [-0.25, -0.2) is 0 Å². The van der Waals surface area contributed by atoms with Gasteiger partial charge in [-0.2, -0.15) is 0 Å². The molecule has 19 heavy (non-hydrogen) atoms. The van der Waals surface area contributed by atoms with Crippen LogP contribution in [0.2, 0.25) is 0 Å². The number of aromatic amines is 1. The molecule has 3 nitrogen and oxygen atoms in total. The quantitative estimate of drug-likeness (QED) is 0.890. The molecule has 104 valence electrons. The standard InChI is InChI=1S/C14H18N2O.C2H6/c17-12-6-8-16(10-12)7-5-11-9-15-14-4-2-1-3-13(11)14;1-2/h1-4,9,12,15,17H,5-8,10H2;1-2H3. The first-order chi connectivity index (χ1) is 9.33. The van der Waals surface area contributed by atoms with Crippen molar-refractivity contribution in [3.63, 3.8) is 0 Å². The van der Waals surface area contributed by atoms with E-state index in [2.05, 4.69) is 40.3 Å². The highest BCUT2D eigenvalue weighted by Crippen LogP contribution is 2.19. The Kier molecular flexibility index (Phi) is 5.00. The van der Waals surface area contributed by atoms with E-state index in [0.717, 1.165) is 32.5 Å². The van der Waals surface area contributed by atoms with Crippen molar-refractivity contribution in [1.29, 1.82) is 0 Å². The number of β-amino-alcohol motifs (C(OH)–C–C–N with tert-alkyl or cyclic N) is 1. The van der Waals surface area contributed by atoms with E-state index < -0.39 is 0 Å². The second kappa shape index (κ2) is 6.73. The van der Waals surface area contributed by atoms with Gasteiger partial charge in [-0.15, -0.1) is 0 Å². The van der Waals surface area contributed by atoms with Crippen LogP contribution < -0.4 is 0 Å². The van der Waals surface area contributed by atoms with Gasteiger partial charge in [0.25, 0.3) is 0 Å². The molecule has 1 aromatic carbocycles. The van der Waals surface area contributed by atoms with Crippen LogP contribution in [0.3, 0.4) is 0 Å². The molecule has 3 rings (SSSR count). The number of nitrogens with zero attached hydrogens (tertiary/aromatic N) is 1. The molecule has 1 unspecified atom stereocenters. The highest BCUT2D eigenvalue weighted by Gasteiger charge is 2.19. The summed E-state index contributed by atoms with van der Waals surface area (Å²) in [6.07, 6.45) is 3.97. The van der Waals surface area contributed by atoms with E-state index in [4.69, 9.17) is 0 Å². The summed E-state index contributed by atoms with van der Waals surface area (Å²) < 4.78 is 0. The Balaban J connectivity index is 0.000000637. The van der Waals surface area contributed by atoms with Crippen LogP contribution in [0, 0.1) is 0 Å². The SMILES string of the molecule is CC.OC1CCN(CCc2c[nH]c3ccccc23)C1. The third kappa shape index (κ3) is 3.37. The molecule has 0 bridgehead atoms. The molecule has 1 aromatic heterocycles. The minimum absolute atomic E-state index is 0.113. The number of benzene rings is 1. The Morgan fingerprint density at radius 2 is 2.11 bits per heavy atom. The number of likely N-dealkylation sites (tertiary alicyclic amines) is 1. The first-order valence-corrected chi connectivity index (χ1v) is 7.28. The third-order valence-corrected chi connectivity index (χ3v) is 3.62. The molecule has 0 aliphatic carbocycles. The Morgan fingerprint density at radius 3 is 2.84 bits per heavy atom. The maximum atomic E-state index is 9.48. The van der Waals surface area contributed by atoms with Gasteiger partial charge in [-0.3, -0.25) is 0 Å². The lowest BCUT2D eigenvalue weighted by Crippen LogP contribution is -2.24. The van der Waals surface area contributed by atoms with Crippen LogP contribution in [0.15, 0.2) is 30.5 Å². The molecule has 0 saturated carbocycles. The molecule has 1 atom stereocenters. The van der Waals surface area contributed by atoms with Gasteiger partial charge in [0.05, 0.1) is 6.10 Å². The van der Waals surface area contributed by atoms with Crippen molar-refractivity contribution in [1.82, 2.24) is 9.88 Å². The number of aromatic nitrogens is 1. The molecule has 2 N–H and O–H groups in total. The third-order valence-electron chi connectivity index (χ3n) is 3.62. The fourth-order valence-corrected chi connectivity index (χ4v) is 2.63. The summed E-state index contributed by atoms with van der Waals surface area (Å²) in [5, 5.41) is 10.8. The first kappa shape index (κ1) is 14.1. The lowest BCUT2D eigenvalue weighted by atomic mass is 10.1. The van der Waals surface area contributed by atoms with Gasteiger partial charge >= 0.3 is 0 Å². The fourth-order valence-electron chi connectivity index (χ4n) is 2.63. The molecular formula is C16H24N2O. The van der Waals surface area contributed by atoms with Gasteiger partial charge in [0, 0.05) is 36.7 Å². The first-order valence-electron chi connectivity index (χ1n) is 7.28. The van der Waals surface area contributed by atoms with E-state index in [-0.39, 0.29) is 6.10 Å². The second-order valence-corrected chi connectivity index (χ2v) is 4.85. The summed E-state index contributed by atoms with van der Waals surface area (Å²) in [6, 6.07) is 8.41. The minimum Gasteiger partial charge on any atom is -0.392 e. The van der Waals surface area contributed by atoms with Crippen molar-refractivity contribution >= 4 is 10.9 Å². The van der Waals surface area contributed by atoms with Crippen LogP contribution in [-0.4, -0.2) is 40.7 Å². The summed E-state index contributed by atoms with van der Waals surface area (Å²) in [6.45, 7) is 6.91. The van der Waals surface area contributed by atoms with E-state index >= 15 is 0 Å². The average molecular weight is 260 g/mol. The Morgan fingerprint density at radius 1 is 1.32 bits per heavy atom. The monoisotopic (exact) mass is 260 g/mol. The Labute approximate surface area is 115 Å². The van der Waals surface area contributed by atoms with Crippen molar-refractivity contribution < 1.29 is 5.11 Å². The highest BCUT2D eigenvalue weighted by atomic mass is 16.3. The highest BCUT2D eigenvalue weighted by molar-refractivity contribution is 5.83. The number of para-hydroxylation sites is 1. The molecule has 0 amide bonds. The fraction of sp³-hybridized carbons (Fsp3) is 0.500. The number of aliphatic hydroxyl groups is 1. The molecule has 1 saturated heterocycles. The summed E-state index contributed by atoms with van der Waals surface area (Å²) in [4.78, 5) is 5.64. The van der Waals surface area contributed by atoms with Crippen LogP contribution in [0.5, 0.6) is 0 Å². The zero-order valence-corrected chi connectivity index (χ0v) is 11.9. The number of nitrogens with one attached hydrogen (secondary N) is 1. The van der Waals surface area contributed by atoms with E-state index in [1.54, 1.807) is 0 Å². The summed E-state index contributed by atoms with van der Waals surface area (Å²) in [7, 11) is 0. The number of H-pyrrole nitrogens is 1. The molecular weight excluding hydrogens is 236 g/mol. The van der Waals surface area contributed by atoms with Crippen LogP contribution in [0.4, 0.5) is 0 Å². The molecule has 2 aromatic rings. The molecule has 1 aliphatic rings. The van der Waals surface area contributed by atoms with Gasteiger partial charge in [-0.05, 0) is 24.5 Å². The molecule has 0 radical (unpaired) electrons. The molecule has 2 heterocycles. The molecule has 0 spiro atoms. The van der Waals surface area contributed by atoms with Gasteiger partial charge in [0.2, 0.25) is 0 Å². The average Bonchev–Trinajstić information content (AvgIpc) is 3.05. The predicted octanol–water partition coefficient (Wildman–Crippen LogP) is 2.80. The van der Waals surface area contributed by atoms with E-state index in [9.17, 15) is 5.11 Å². The number of hydrogen-bond acceptors (Lipinski definition) is 2. The maximum Gasteiger partial charge on any atom is 0.0679 e. The number of fused-ring (bicyclic) bond motifs is 1. The molecule has 3 heteroatoms. The van der Waals surface area contributed by atoms with Gasteiger partial charge < -0.3 is 15.0 Å².